The van der Waals surface area contributed by atoms with Gasteiger partial charge in [0.2, 0.25) is 0 Å². The Morgan fingerprint density at radius 1 is 1.22 bits per heavy atom. The summed E-state index contributed by atoms with van der Waals surface area (Å²) in [6.45, 7) is 3.78. The average molecular weight is 447 g/mol. The number of imidazole rings is 1. The van der Waals surface area contributed by atoms with E-state index in [-0.39, 0.29) is 0 Å². The van der Waals surface area contributed by atoms with Crippen LogP contribution in [0.4, 0.5) is 0 Å². The molecular weight excluding hydrogens is 429 g/mol. The molecule has 2 N–H and O–H groups in total. The van der Waals surface area contributed by atoms with E-state index in [9.17, 15) is 0 Å². The topological polar surface area (TPSA) is 35.9 Å². The standard InChI is InChI=1S/C7H8ClN.C6H10N2.Pt/c8-7-3-1-6(5-9)2-4-7;1-3-8-5-4-7(2)6-8;/h1-4H,5,9H2;4-5H,3H2,1-2H3;. The van der Waals surface area contributed by atoms with Crippen LogP contribution in [0, 0.1) is 3.80 Å². The van der Waals surface area contributed by atoms with E-state index < -0.39 is 0 Å². The fourth-order valence-corrected chi connectivity index (χ4v) is 2.17. The number of nitrogens with zero attached hydrogens (tertiary/aromatic N) is 2. The molecule has 0 aliphatic carbocycles. The molecular formula is C13H18ClN3Pt. The van der Waals surface area contributed by atoms with Crippen molar-refractivity contribution in [1.29, 1.82) is 0 Å². The van der Waals surface area contributed by atoms with Crippen LogP contribution in [-0.2, 0) is 39.5 Å². The first-order chi connectivity index (χ1) is 8.58. The fraction of sp³-hybridized carbons (Fsp3) is 0.308. The quantitative estimate of drug-likeness (QED) is 0.756. The van der Waals surface area contributed by atoms with Crippen molar-refractivity contribution in [2.45, 2.75) is 20.0 Å². The molecule has 0 atom stereocenters. The third-order valence-corrected chi connectivity index (χ3v) is 4.15. The first-order valence-electron chi connectivity index (χ1n) is 5.70. The van der Waals surface area contributed by atoms with Crippen LogP contribution in [0.3, 0.4) is 0 Å². The minimum atomic E-state index is 0.581. The molecule has 1 heterocycles. The Kier molecular flexibility index (Phi) is 6.62. The Labute approximate surface area is 124 Å². The second-order valence-corrected chi connectivity index (χ2v) is 5.22. The van der Waals surface area contributed by atoms with Gasteiger partial charge in [-0.25, -0.2) is 0 Å². The Morgan fingerprint density at radius 2 is 1.83 bits per heavy atom. The van der Waals surface area contributed by atoms with Crippen LogP contribution >= 0.6 is 11.6 Å². The molecule has 0 unspecified atom stereocenters. The molecule has 102 valence electrons. The summed E-state index contributed by atoms with van der Waals surface area (Å²) in [6.07, 6.45) is 4.15. The molecule has 0 saturated heterocycles. The smallest absolute Gasteiger partial charge is 0.0406 e. The molecule has 5 heteroatoms. The average Bonchev–Trinajstić information content (AvgIpc) is 2.71. The van der Waals surface area contributed by atoms with Crippen LogP contribution in [0.5, 0.6) is 0 Å². The summed E-state index contributed by atoms with van der Waals surface area (Å²) < 4.78 is 5.57. The van der Waals surface area contributed by atoms with Gasteiger partial charge in [-0.05, 0) is 17.7 Å². The molecule has 2 aromatic rings. The zero-order valence-electron chi connectivity index (χ0n) is 10.5. The molecule has 0 amide bonds. The van der Waals surface area contributed by atoms with Crippen molar-refractivity contribution in [2.75, 3.05) is 0 Å². The summed E-state index contributed by atoms with van der Waals surface area (Å²) in [5, 5.41) is 0.757. The van der Waals surface area contributed by atoms with E-state index in [4.69, 9.17) is 17.3 Å². The van der Waals surface area contributed by atoms with Crippen molar-refractivity contribution in [3.05, 3.63) is 51.0 Å². The first kappa shape index (κ1) is 15.4. The molecule has 0 aliphatic rings. The number of hydrogen-bond acceptors (Lipinski definition) is 1. The molecule has 1 aromatic heterocycles. The molecule has 2 rings (SSSR count). The number of aromatic nitrogens is 2. The van der Waals surface area contributed by atoms with Crippen molar-refractivity contribution in [2.24, 2.45) is 12.8 Å². The van der Waals surface area contributed by atoms with Gasteiger partial charge in [0, 0.05) is 11.6 Å². The zero-order chi connectivity index (χ0) is 13.5. The van der Waals surface area contributed by atoms with Gasteiger partial charge in [0.05, 0.1) is 0 Å². The predicted octanol–water partition coefficient (Wildman–Crippen LogP) is 2.72. The van der Waals surface area contributed by atoms with Gasteiger partial charge >= 0.3 is 65.2 Å². The third-order valence-electron chi connectivity index (χ3n) is 2.45. The number of rotatable bonds is 2. The van der Waals surface area contributed by atoms with Crippen molar-refractivity contribution >= 4 is 11.6 Å². The van der Waals surface area contributed by atoms with Crippen LogP contribution in [-0.4, -0.2) is 9.13 Å². The van der Waals surface area contributed by atoms with Gasteiger partial charge < -0.3 is 5.73 Å². The second-order valence-electron chi connectivity index (χ2n) is 3.77. The van der Waals surface area contributed by atoms with Crippen LogP contribution in [0.25, 0.3) is 0 Å². The molecule has 0 saturated carbocycles. The summed E-state index contributed by atoms with van der Waals surface area (Å²) in [7, 11) is 2.05. The molecule has 0 radical (unpaired) electrons. The Bertz CT molecular complexity index is 528. The molecule has 3 nitrogen and oxygen atoms in total. The van der Waals surface area contributed by atoms with E-state index in [1.165, 1.54) is 3.80 Å². The van der Waals surface area contributed by atoms with E-state index in [0.29, 0.717) is 6.54 Å². The monoisotopic (exact) mass is 446 g/mol. The van der Waals surface area contributed by atoms with Crippen LogP contribution in [0.2, 0.25) is 5.02 Å². The van der Waals surface area contributed by atoms with Crippen molar-refractivity contribution < 1.29 is 19.4 Å². The van der Waals surface area contributed by atoms with Gasteiger partial charge in [-0.1, -0.05) is 23.7 Å². The van der Waals surface area contributed by atoms with E-state index in [1.807, 2.05) is 24.3 Å². The van der Waals surface area contributed by atoms with Gasteiger partial charge in [-0.2, -0.15) is 0 Å². The predicted molar refractivity (Wildman–Crippen MR) is 71.7 cm³/mol. The maximum absolute atomic E-state index is 5.63. The Hall–Kier alpha value is -0.632. The minimum absolute atomic E-state index is 0.581. The van der Waals surface area contributed by atoms with Crippen molar-refractivity contribution in [3.8, 4) is 0 Å². The van der Waals surface area contributed by atoms with Crippen molar-refractivity contribution in [1.82, 2.24) is 9.13 Å². The minimum Gasteiger partial charge on any atom is -0.326 e. The molecule has 0 fully saturated rings. The van der Waals surface area contributed by atoms with Crippen LogP contribution in [0.1, 0.15) is 12.5 Å². The van der Waals surface area contributed by atoms with Crippen LogP contribution in [0.15, 0.2) is 36.7 Å². The zero-order valence-corrected chi connectivity index (χ0v) is 13.6. The number of halogens is 1. The van der Waals surface area contributed by atoms with Gasteiger partial charge in [0.25, 0.3) is 0 Å². The third kappa shape index (κ3) is 4.56. The molecule has 0 spiro atoms. The number of aryl methyl sites for hydroxylation is 2. The van der Waals surface area contributed by atoms with E-state index in [1.54, 1.807) is 0 Å². The maximum Gasteiger partial charge on any atom is 0.0406 e. The fourth-order valence-electron chi connectivity index (χ4n) is 1.34. The first-order valence-corrected chi connectivity index (χ1v) is 7.21. The number of hydrogen-bond donors (Lipinski definition) is 1. The number of nitrogens with two attached hydrogens (primary N) is 1. The maximum atomic E-state index is 5.63. The normalized spacial score (nSPS) is 9.89. The van der Waals surface area contributed by atoms with Crippen LogP contribution < -0.4 is 5.73 Å². The van der Waals surface area contributed by atoms with E-state index in [2.05, 4.69) is 54.9 Å². The van der Waals surface area contributed by atoms with E-state index >= 15 is 0 Å². The molecule has 1 aromatic carbocycles. The second kappa shape index (κ2) is 7.73. The molecule has 0 bridgehead atoms. The van der Waals surface area contributed by atoms with Gasteiger partial charge in [0.1, 0.15) is 0 Å². The summed E-state index contributed by atoms with van der Waals surface area (Å²) in [4.78, 5) is 0. The van der Waals surface area contributed by atoms with Gasteiger partial charge in [-0.3, -0.25) is 0 Å². The Balaban J connectivity index is 0.000000180. The summed E-state index contributed by atoms with van der Waals surface area (Å²) in [5.41, 5.74) is 6.47. The number of benzene rings is 1. The summed E-state index contributed by atoms with van der Waals surface area (Å²) >= 11 is 7.94. The van der Waals surface area contributed by atoms with Crippen molar-refractivity contribution in [3.63, 3.8) is 0 Å². The summed E-state index contributed by atoms with van der Waals surface area (Å²) in [5.74, 6) is 0. The SMILES string of the molecule is CCn1ccn(C)[c]1=[Pt].NCc1ccc(Cl)cc1. The van der Waals surface area contributed by atoms with Gasteiger partial charge in [0.15, 0.2) is 0 Å². The molecule has 0 aliphatic heterocycles. The Morgan fingerprint density at radius 3 is 2.17 bits per heavy atom. The largest absolute Gasteiger partial charge is 0.326 e. The molecule has 18 heavy (non-hydrogen) atoms. The summed E-state index contributed by atoms with van der Waals surface area (Å²) in [6, 6.07) is 7.51. The van der Waals surface area contributed by atoms with Gasteiger partial charge in [-0.15, -0.1) is 0 Å². The van der Waals surface area contributed by atoms with E-state index in [0.717, 1.165) is 17.1 Å².